The molecule has 0 spiro atoms. The van der Waals surface area contributed by atoms with Crippen molar-refractivity contribution in [3.8, 4) is 5.75 Å². The van der Waals surface area contributed by atoms with Crippen LogP contribution in [-0.2, 0) is 6.42 Å². The highest BCUT2D eigenvalue weighted by molar-refractivity contribution is 5.43. The molecule has 2 rings (SSSR count). The Labute approximate surface area is 121 Å². The van der Waals surface area contributed by atoms with Gasteiger partial charge in [0, 0.05) is 5.56 Å². The molecule has 0 fully saturated rings. The van der Waals surface area contributed by atoms with Crippen LogP contribution in [0.5, 0.6) is 5.75 Å². The van der Waals surface area contributed by atoms with Gasteiger partial charge in [0.15, 0.2) is 0 Å². The first-order chi connectivity index (χ1) is 9.65. The van der Waals surface area contributed by atoms with Crippen LogP contribution in [0, 0.1) is 6.92 Å². The highest BCUT2D eigenvalue weighted by Crippen LogP contribution is 2.31. The zero-order valence-corrected chi connectivity index (χ0v) is 12.4. The molecule has 1 unspecified atom stereocenters. The Hall–Kier alpha value is -1.80. The first-order valence-corrected chi connectivity index (χ1v) is 7.16. The van der Waals surface area contributed by atoms with Crippen molar-refractivity contribution in [2.24, 2.45) is 0 Å². The van der Waals surface area contributed by atoms with Crippen molar-refractivity contribution in [3.63, 3.8) is 0 Å². The molecule has 1 N–H and O–H groups in total. The van der Waals surface area contributed by atoms with Gasteiger partial charge in [0.2, 0.25) is 0 Å². The summed E-state index contributed by atoms with van der Waals surface area (Å²) in [6.45, 7) is 6.69. The van der Waals surface area contributed by atoms with Crippen molar-refractivity contribution >= 4 is 0 Å². The average Bonchev–Trinajstić information content (AvgIpc) is 2.48. The molecule has 0 radical (unpaired) electrons. The van der Waals surface area contributed by atoms with Crippen molar-refractivity contribution in [2.45, 2.75) is 33.3 Å². The fourth-order valence-corrected chi connectivity index (χ4v) is 2.28. The Morgan fingerprint density at radius 3 is 2.35 bits per heavy atom. The fraction of sp³-hybridized carbons (Fsp3) is 0.333. The second-order valence-electron chi connectivity index (χ2n) is 4.97. The summed E-state index contributed by atoms with van der Waals surface area (Å²) in [7, 11) is 0. The maximum atomic E-state index is 10.6. The van der Waals surface area contributed by atoms with E-state index in [-0.39, 0.29) is 0 Å². The van der Waals surface area contributed by atoms with Crippen LogP contribution in [-0.4, -0.2) is 11.7 Å². The molecule has 106 valence electrons. The summed E-state index contributed by atoms with van der Waals surface area (Å²) >= 11 is 0. The van der Waals surface area contributed by atoms with E-state index in [9.17, 15) is 5.11 Å². The highest BCUT2D eigenvalue weighted by atomic mass is 16.5. The predicted octanol–water partition coefficient (Wildman–Crippen LogP) is 4.04. The number of aliphatic hydroxyl groups is 1. The minimum Gasteiger partial charge on any atom is -0.493 e. The number of ether oxygens (including phenoxy) is 1. The third-order valence-corrected chi connectivity index (χ3v) is 3.46. The molecule has 0 aromatic heterocycles. The number of rotatable bonds is 5. The summed E-state index contributed by atoms with van der Waals surface area (Å²) in [6, 6.07) is 14.0. The van der Waals surface area contributed by atoms with E-state index in [1.165, 1.54) is 5.56 Å². The van der Waals surface area contributed by atoms with Gasteiger partial charge in [0.05, 0.1) is 6.61 Å². The van der Waals surface area contributed by atoms with Gasteiger partial charge in [-0.05, 0) is 43.5 Å². The Morgan fingerprint density at radius 1 is 1.05 bits per heavy atom. The lowest BCUT2D eigenvalue weighted by Gasteiger charge is -2.17. The van der Waals surface area contributed by atoms with Crippen LogP contribution in [0.15, 0.2) is 42.5 Å². The molecule has 2 aromatic carbocycles. The third kappa shape index (κ3) is 3.20. The van der Waals surface area contributed by atoms with Gasteiger partial charge >= 0.3 is 0 Å². The molecule has 0 aliphatic carbocycles. The zero-order valence-electron chi connectivity index (χ0n) is 12.4. The molecule has 20 heavy (non-hydrogen) atoms. The van der Waals surface area contributed by atoms with E-state index in [0.717, 1.165) is 28.9 Å². The summed E-state index contributed by atoms with van der Waals surface area (Å²) in [6.07, 6.45) is 0.354. The molecule has 0 amide bonds. The SMILES string of the molecule is CCOc1ccc(C)cc1C(O)c1ccc(CC)cc1. The van der Waals surface area contributed by atoms with E-state index >= 15 is 0 Å². The molecule has 1 atom stereocenters. The van der Waals surface area contributed by atoms with Gasteiger partial charge in [-0.3, -0.25) is 0 Å². The van der Waals surface area contributed by atoms with Crippen LogP contribution < -0.4 is 4.74 Å². The second-order valence-corrected chi connectivity index (χ2v) is 4.97. The Kier molecular flexibility index (Phi) is 4.80. The van der Waals surface area contributed by atoms with E-state index in [1.54, 1.807) is 0 Å². The molecule has 0 bridgehead atoms. The molecule has 0 saturated heterocycles. The summed E-state index contributed by atoms with van der Waals surface area (Å²) in [4.78, 5) is 0. The Bertz CT molecular complexity index is 558. The lowest BCUT2D eigenvalue weighted by Crippen LogP contribution is -2.04. The van der Waals surface area contributed by atoms with Crippen LogP contribution in [0.3, 0.4) is 0 Å². The van der Waals surface area contributed by atoms with Crippen molar-refractivity contribution in [1.29, 1.82) is 0 Å². The van der Waals surface area contributed by atoms with E-state index in [4.69, 9.17) is 4.74 Å². The number of aryl methyl sites for hydroxylation is 2. The Balaban J connectivity index is 2.35. The standard InChI is InChI=1S/C18H22O2/c1-4-14-7-9-15(10-8-14)18(19)16-12-13(3)6-11-17(16)20-5-2/h6-12,18-19H,4-5H2,1-3H3. The molecule has 0 aliphatic heterocycles. The number of benzene rings is 2. The molecule has 2 heteroatoms. The van der Waals surface area contributed by atoms with Crippen molar-refractivity contribution < 1.29 is 9.84 Å². The number of hydrogen-bond acceptors (Lipinski definition) is 2. The first kappa shape index (κ1) is 14.6. The smallest absolute Gasteiger partial charge is 0.125 e. The number of hydrogen-bond donors (Lipinski definition) is 1. The van der Waals surface area contributed by atoms with Gasteiger partial charge < -0.3 is 9.84 Å². The summed E-state index contributed by atoms with van der Waals surface area (Å²) < 4.78 is 5.62. The van der Waals surface area contributed by atoms with Crippen LogP contribution in [0.4, 0.5) is 0 Å². The third-order valence-electron chi connectivity index (χ3n) is 3.46. The van der Waals surface area contributed by atoms with Crippen molar-refractivity contribution in [2.75, 3.05) is 6.61 Å². The molecule has 2 aromatic rings. The highest BCUT2D eigenvalue weighted by Gasteiger charge is 2.15. The van der Waals surface area contributed by atoms with Gasteiger partial charge in [-0.25, -0.2) is 0 Å². The van der Waals surface area contributed by atoms with Gasteiger partial charge in [-0.2, -0.15) is 0 Å². The number of aliphatic hydroxyl groups excluding tert-OH is 1. The zero-order chi connectivity index (χ0) is 14.5. The van der Waals surface area contributed by atoms with Gasteiger partial charge in [-0.15, -0.1) is 0 Å². The van der Waals surface area contributed by atoms with Gasteiger partial charge in [-0.1, -0.05) is 42.8 Å². The average molecular weight is 270 g/mol. The molecule has 0 aliphatic rings. The summed E-state index contributed by atoms with van der Waals surface area (Å²) in [5.74, 6) is 0.755. The fourth-order valence-electron chi connectivity index (χ4n) is 2.28. The van der Waals surface area contributed by atoms with E-state index in [1.807, 2.05) is 44.2 Å². The van der Waals surface area contributed by atoms with E-state index in [2.05, 4.69) is 19.1 Å². The lowest BCUT2D eigenvalue weighted by atomic mass is 9.98. The predicted molar refractivity (Wildman–Crippen MR) is 82.2 cm³/mol. The lowest BCUT2D eigenvalue weighted by molar-refractivity contribution is 0.212. The first-order valence-electron chi connectivity index (χ1n) is 7.16. The topological polar surface area (TPSA) is 29.5 Å². The maximum absolute atomic E-state index is 10.6. The van der Waals surface area contributed by atoms with Crippen LogP contribution in [0.25, 0.3) is 0 Å². The normalized spacial score (nSPS) is 12.2. The minimum absolute atomic E-state index is 0.595. The quantitative estimate of drug-likeness (QED) is 0.888. The summed E-state index contributed by atoms with van der Waals surface area (Å²) in [5.41, 5.74) is 4.12. The van der Waals surface area contributed by atoms with Gasteiger partial charge in [0.25, 0.3) is 0 Å². The largest absolute Gasteiger partial charge is 0.493 e. The Morgan fingerprint density at radius 2 is 1.75 bits per heavy atom. The molecule has 0 saturated carbocycles. The van der Waals surface area contributed by atoms with Gasteiger partial charge in [0.1, 0.15) is 11.9 Å². The molecular formula is C18H22O2. The summed E-state index contributed by atoms with van der Waals surface area (Å²) in [5, 5.41) is 10.6. The van der Waals surface area contributed by atoms with Crippen LogP contribution >= 0.6 is 0 Å². The van der Waals surface area contributed by atoms with Crippen LogP contribution in [0.2, 0.25) is 0 Å². The second kappa shape index (κ2) is 6.58. The molecule has 0 heterocycles. The van der Waals surface area contributed by atoms with Crippen molar-refractivity contribution in [3.05, 3.63) is 64.7 Å². The molecule has 2 nitrogen and oxygen atoms in total. The van der Waals surface area contributed by atoms with E-state index < -0.39 is 6.10 Å². The molecular weight excluding hydrogens is 248 g/mol. The minimum atomic E-state index is -0.651. The van der Waals surface area contributed by atoms with Crippen molar-refractivity contribution in [1.82, 2.24) is 0 Å². The van der Waals surface area contributed by atoms with E-state index in [0.29, 0.717) is 6.61 Å². The maximum Gasteiger partial charge on any atom is 0.125 e. The van der Waals surface area contributed by atoms with Crippen LogP contribution in [0.1, 0.15) is 42.2 Å². The monoisotopic (exact) mass is 270 g/mol.